The number of hydrogen-bond donors (Lipinski definition) is 2. The molecule has 0 saturated heterocycles. The molecule has 2 N–H and O–H groups in total. The minimum atomic E-state index is -0.778. The molecule has 0 aliphatic carbocycles. The maximum Gasteiger partial charge on any atom is 0.296 e. The molecule has 0 spiro atoms. The summed E-state index contributed by atoms with van der Waals surface area (Å²) in [6, 6.07) is 9.41. The van der Waals surface area contributed by atoms with Crippen LogP contribution < -0.4 is 5.32 Å². The van der Waals surface area contributed by atoms with Crippen molar-refractivity contribution in [2.75, 3.05) is 5.32 Å². The predicted octanol–water partition coefficient (Wildman–Crippen LogP) is 4.20. The van der Waals surface area contributed by atoms with E-state index in [9.17, 15) is 14.0 Å². The lowest BCUT2D eigenvalue weighted by Crippen LogP contribution is -2.22. The molecule has 116 valence electrons. The van der Waals surface area contributed by atoms with Crippen LogP contribution in [0.25, 0.3) is 10.9 Å². The fourth-order valence-corrected chi connectivity index (χ4v) is 2.90. The first-order valence-electron chi connectivity index (χ1n) is 6.84. The standard InChI is InChI=1S/C17H12BrFN2O2/c1-9-2-4-15(13(18)6-9)21-17(23)16(22)12-8-20-14-5-3-10(19)7-11(12)14/h2-8,20H,1H3,(H,21,23). The number of Topliss-reactive ketones (excluding diaryl/α,β-unsaturated/α-hetero) is 1. The monoisotopic (exact) mass is 374 g/mol. The second-order valence-corrected chi connectivity index (χ2v) is 6.01. The molecule has 0 bridgehead atoms. The molecule has 6 heteroatoms. The molecule has 4 nitrogen and oxygen atoms in total. The number of aromatic amines is 1. The van der Waals surface area contributed by atoms with Crippen molar-refractivity contribution in [2.45, 2.75) is 6.92 Å². The molecule has 2 aromatic carbocycles. The highest BCUT2D eigenvalue weighted by Gasteiger charge is 2.21. The van der Waals surface area contributed by atoms with Crippen molar-refractivity contribution in [1.82, 2.24) is 4.98 Å². The smallest absolute Gasteiger partial charge is 0.296 e. The summed E-state index contributed by atoms with van der Waals surface area (Å²) in [6.07, 6.45) is 1.41. The van der Waals surface area contributed by atoms with E-state index < -0.39 is 17.5 Å². The highest BCUT2D eigenvalue weighted by Crippen LogP contribution is 2.24. The number of benzene rings is 2. The van der Waals surface area contributed by atoms with Crippen molar-refractivity contribution in [1.29, 1.82) is 0 Å². The number of amides is 1. The SMILES string of the molecule is Cc1ccc(NC(=O)C(=O)c2c[nH]c3ccc(F)cc23)c(Br)c1. The van der Waals surface area contributed by atoms with Gasteiger partial charge in [0.1, 0.15) is 5.82 Å². The second-order valence-electron chi connectivity index (χ2n) is 5.16. The Morgan fingerprint density at radius 1 is 1.17 bits per heavy atom. The molecule has 0 unspecified atom stereocenters. The van der Waals surface area contributed by atoms with Crippen molar-refractivity contribution < 1.29 is 14.0 Å². The van der Waals surface area contributed by atoms with E-state index in [2.05, 4.69) is 26.2 Å². The van der Waals surface area contributed by atoms with Gasteiger partial charge >= 0.3 is 0 Å². The highest BCUT2D eigenvalue weighted by molar-refractivity contribution is 9.10. The van der Waals surface area contributed by atoms with Gasteiger partial charge in [0.25, 0.3) is 11.7 Å². The Labute approximate surface area is 139 Å². The number of carbonyl (C=O) groups is 2. The van der Waals surface area contributed by atoms with Crippen LogP contribution in [0.15, 0.2) is 47.1 Å². The zero-order chi connectivity index (χ0) is 16.6. The minimum absolute atomic E-state index is 0.139. The van der Waals surface area contributed by atoms with E-state index in [4.69, 9.17) is 0 Å². The first kappa shape index (κ1) is 15.4. The van der Waals surface area contributed by atoms with Crippen LogP contribution in [0.4, 0.5) is 10.1 Å². The number of hydrogen-bond acceptors (Lipinski definition) is 2. The fourth-order valence-electron chi connectivity index (χ4n) is 2.30. The molecule has 3 rings (SSSR count). The Morgan fingerprint density at radius 2 is 1.96 bits per heavy atom. The topological polar surface area (TPSA) is 62.0 Å². The molecule has 1 aromatic heterocycles. The molecule has 3 aromatic rings. The van der Waals surface area contributed by atoms with Gasteiger partial charge in [-0.05, 0) is 58.7 Å². The van der Waals surface area contributed by atoms with E-state index in [1.807, 2.05) is 19.1 Å². The number of rotatable bonds is 3. The van der Waals surface area contributed by atoms with Gasteiger partial charge in [-0.3, -0.25) is 9.59 Å². The lowest BCUT2D eigenvalue weighted by atomic mass is 10.1. The first-order chi connectivity index (χ1) is 11.0. The van der Waals surface area contributed by atoms with Gasteiger partial charge in [0.15, 0.2) is 0 Å². The number of anilines is 1. The van der Waals surface area contributed by atoms with E-state index in [1.165, 1.54) is 24.4 Å². The zero-order valence-corrected chi connectivity index (χ0v) is 13.7. The molecule has 1 amide bonds. The maximum absolute atomic E-state index is 13.4. The van der Waals surface area contributed by atoms with Crippen molar-refractivity contribution in [3.8, 4) is 0 Å². The molecular weight excluding hydrogens is 363 g/mol. The third-order valence-corrected chi connectivity index (χ3v) is 4.12. The Balaban J connectivity index is 1.89. The summed E-state index contributed by atoms with van der Waals surface area (Å²) >= 11 is 3.34. The first-order valence-corrected chi connectivity index (χ1v) is 7.63. The summed E-state index contributed by atoms with van der Waals surface area (Å²) in [5.74, 6) is -1.97. The van der Waals surface area contributed by atoms with Crippen molar-refractivity contribution >= 4 is 44.2 Å². The summed E-state index contributed by atoms with van der Waals surface area (Å²) < 4.78 is 14.0. The maximum atomic E-state index is 13.4. The number of aromatic nitrogens is 1. The van der Waals surface area contributed by atoms with Crippen molar-refractivity contribution in [3.63, 3.8) is 0 Å². The largest absolute Gasteiger partial charge is 0.360 e. The highest BCUT2D eigenvalue weighted by atomic mass is 79.9. The number of fused-ring (bicyclic) bond motifs is 1. The third-order valence-electron chi connectivity index (χ3n) is 3.47. The molecule has 0 atom stereocenters. The van der Waals surface area contributed by atoms with Gasteiger partial charge in [0, 0.05) is 21.6 Å². The molecule has 0 saturated carbocycles. The number of ketones is 1. The average Bonchev–Trinajstić information content (AvgIpc) is 2.92. The van der Waals surface area contributed by atoms with Crippen LogP contribution in [-0.2, 0) is 4.79 Å². The normalized spacial score (nSPS) is 10.7. The summed E-state index contributed by atoms with van der Waals surface area (Å²) in [7, 11) is 0. The predicted molar refractivity (Wildman–Crippen MR) is 90.1 cm³/mol. The lowest BCUT2D eigenvalue weighted by molar-refractivity contribution is -0.112. The lowest BCUT2D eigenvalue weighted by Gasteiger charge is -2.07. The van der Waals surface area contributed by atoms with Crippen LogP contribution in [0.3, 0.4) is 0 Å². The van der Waals surface area contributed by atoms with E-state index in [1.54, 1.807) is 6.07 Å². The van der Waals surface area contributed by atoms with Crippen LogP contribution in [0.5, 0.6) is 0 Å². The van der Waals surface area contributed by atoms with Crippen LogP contribution in [0.1, 0.15) is 15.9 Å². The zero-order valence-electron chi connectivity index (χ0n) is 12.1. The Morgan fingerprint density at radius 3 is 2.70 bits per heavy atom. The average molecular weight is 375 g/mol. The quantitative estimate of drug-likeness (QED) is 0.533. The third kappa shape index (κ3) is 3.03. The second kappa shape index (κ2) is 5.96. The number of carbonyl (C=O) groups excluding carboxylic acids is 2. The van der Waals surface area contributed by atoms with Crippen LogP contribution in [-0.4, -0.2) is 16.7 Å². The molecule has 0 aliphatic heterocycles. The molecule has 0 aliphatic rings. The molecule has 0 fully saturated rings. The summed E-state index contributed by atoms with van der Waals surface area (Å²) in [5, 5.41) is 2.94. The van der Waals surface area contributed by atoms with Gasteiger partial charge in [-0.25, -0.2) is 4.39 Å². The molecular formula is C17H12BrFN2O2. The van der Waals surface area contributed by atoms with Gasteiger partial charge in [-0.1, -0.05) is 6.07 Å². The van der Waals surface area contributed by atoms with E-state index in [-0.39, 0.29) is 5.56 Å². The van der Waals surface area contributed by atoms with Crippen molar-refractivity contribution in [3.05, 3.63) is 64.0 Å². The van der Waals surface area contributed by atoms with E-state index in [0.717, 1.165) is 5.56 Å². The summed E-state index contributed by atoms with van der Waals surface area (Å²) in [6.45, 7) is 1.92. The van der Waals surface area contributed by atoms with Gasteiger partial charge in [0.05, 0.1) is 11.3 Å². The molecule has 23 heavy (non-hydrogen) atoms. The summed E-state index contributed by atoms with van der Waals surface area (Å²) in [5.41, 5.74) is 2.26. The molecule has 1 heterocycles. The number of halogens is 2. The fraction of sp³-hybridized carbons (Fsp3) is 0.0588. The van der Waals surface area contributed by atoms with Gasteiger partial charge in [0.2, 0.25) is 0 Å². The van der Waals surface area contributed by atoms with Crippen LogP contribution in [0.2, 0.25) is 0 Å². The molecule has 0 radical (unpaired) electrons. The Hall–Kier alpha value is -2.47. The number of nitrogens with one attached hydrogen (secondary N) is 2. The Bertz CT molecular complexity index is 933. The Kier molecular flexibility index (Phi) is 4.00. The minimum Gasteiger partial charge on any atom is -0.360 e. The van der Waals surface area contributed by atoms with Crippen LogP contribution in [0, 0.1) is 12.7 Å². The van der Waals surface area contributed by atoms with E-state index in [0.29, 0.717) is 21.1 Å². The van der Waals surface area contributed by atoms with Gasteiger partial charge in [-0.15, -0.1) is 0 Å². The number of H-pyrrole nitrogens is 1. The van der Waals surface area contributed by atoms with Crippen LogP contribution >= 0.6 is 15.9 Å². The van der Waals surface area contributed by atoms with E-state index >= 15 is 0 Å². The van der Waals surface area contributed by atoms with Gasteiger partial charge in [-0.2, -0.15) is 0 Å². The van der Waals surface area contributed by atoms with Gasteiger partial charge < -0.3 is 10.3 Å². The summed E-state index contributed by atoms with van der Waals surface area (Å²) in [4.78, 5) is 27.4. The number of aryl methyl sites for hydroxylation is 1. The van der Waals surface area contributed by atoms with Crippen molar-refractivity contribution in [2.24, 2.45) is 0 Å².